The first-order valence-corrected chi connectivity index (χ1v) is 5.89. The van der Waals surface area contributed by atoms with Crippen LogP contribution in [0.15, 0.2) is 18.3 Å². The summed E-state index contributed by atoms with van der Waals surface area (Å²) in [6, 6.07) is 4.47. The molecule has 0 fully saturated rings. The molecule has 0 aliphatic heterocycles. The molecule has 0 radical (unpaired) electrons. The van der Waals surface area contributed by atoms with Crippen molar-refractivity contribution in [3.63, 3.8) is 0 Å². The van der Waals surface area contributed by atoms with Crippen LogP contribution in [0.25, 0.3) is 10.9 Å². The van der Waals surface area contributed by atoms with Gasteiger partial charge in [-0.2, -0.15) is 0 Å². The second kappa shape index (κ2) is 4.30. The largest absolute Gasteiger partial charge is 0.350 e. The van der Waals surface area contributed by atoms with Gasteiger partial charge in [0.2, 0.25) is 0 Å². The zero-order valence-electron chi connectivity index (χ0n) is 10.4. The molecule has 0 aliphatic carbocycles. The molecule has 86 valence electrons. The molecule has 0 bridgehead atoms. The summed E-state index contributed by atoms with van der Waals surface area (Å²) in [6.07, 6.45) is 4.29. The minimum Gasteiger partial charge on any atom is -0.350 e. The van der Waals surface area contributed by atoms with E-state index in [-0.39, 0.29) is 0 Å². The molecule has 0 saturated carbocycles. The smallest absolute Gasteiger partial charge is 0.0510 e. The zero-order valence-corrected chi connectivity index (χ0v) is 10.4. The molecule has 0 saturated heterocycles. The number of aryl methyl sites for hydroxylation is 3. The lowest BCUT2D eigenvalue weighted by Gasteiger charge is -2.12. The quantitative estimate of drug-likeness (QED) is 0.840. The molecule has 1 heterocycles. The standard InChI is InChI=1S/C14H20N2/c1-10-9-12-6-8-16(3)14(12)11(2)13(10)5-4-7-15/h6,8-9H,4-5,7,15H2,1-3H3. The molecule has 1 aromatic heterocycles. The van der Waals surface area contributed by atoms with Gasteiger partial charge >= 0.3 is 0 Å². The van der Waals surface area contributed by atoms with E-state index in [4.69, 9.17) is 5.73 Å². The highest BCUT2D eigenvalue weighted by molar-refractivity contribution is 5.85. The number of hydrogen-bond acceptors (Lipinski definition) is 1. The molecule has 2 nitrogen and oxygen atoms in total. The summed E-state index contributed by atoms with van der Waals surface area (Å²) in [5.74, 6) is 0. The molecule has 0 aliphatic rings. The van der Waals surface area contributed by atoms with E-state index in [0.717, 1.165) is 19.4 Å². The average molecular weight is 216 g/mol. The fraction of sp³-hybridized carbons (Fsp3) is 0.429. The Kier molecular flexibility index (Phi) is 3.01. The van der Waals surface area contributed by atoms with Crippen molar-refractivity contribution in [1.29, 1.82) is 0 Å². The SMILES string of the molecule is Cc1cc2ccn(C)c2c(C)c1CCCN. The van der Waals surface area contributed by atoms with Crippen LogP contribution in [0.1, 0.15) is 23.1 Å². The second-order valence-corrected chi connectivity index (χ2v) is 4.55. The first kappa shape index (κ1) is 11.2. The molecule has 0 unspecified atom stereocenters. The lowest BCUT2D eigenvalue weighted by molar-refractivity contribution is 0.822. The van der Waals surface area contributed by atoms with Crippen LogP contribution < -0.4 is 5.73 Å². The molecule has 2 N–H and O–H groups in total. The van der Waals surface area contributed by atoms with Gasteiger partial charge in [-0.25, -0.2) is 0 Å². The van der Waals surface area contributed by atoms with Gasteiger partial charge in [0.25, 0.3) is 0 Å². The van der Waals surface area contributed by atoms with E-state index in [1.54, 1.807) is 0 Å². The summed E-state index contributed by atoms with van der Waals surface area (Å²) in [4.78, 5) is 0. The van der Waals surface area contributed by atoms with E-state index in [0.29, 0.717) is 0 Å². The molecule has 0 amide bonds. The molecule has 16 heavy (non-hydrogen) atoms. The molecule has 2 rings (SSSR count). The third kappa shape index (κ3) is 1.74. The van der Waals surface area contributed by atoms with Crippen LogP contribution in [0.2, 0.25) is 0 Å². The van der Waals surface area contributed by atoms with E-state index in [1.807, 2.05) is 0 Å². The van der Waals surface area contributed by atoms with Crippen molar-refractivity contribution in [1.82, 2.24) is 4.57 Å². The van der Waals surface area contributed by atoms with Gasteiger partial charge in [-0.3, -0.25) is 0 Å². The highest BCUT2D eigenvalue weighted by atomic mass is 14.9. The normalized spacial score (nSPS) is 11.2. The van der Waals surface area contributed by atoms with Crippen LogP contribution in [0.3, 0.4) is 0 Å². The topological polar surface area (TPSA) is 30.9 Å². The van der Waals surface area contributed by atoms with Crippen molar-refractivity contribution in [2.24, 2.45) is 12.8 Å². The maximum atomic E-state index is 5.59. The van der Waals surface area contributed by atoms with Gasteiger partial charge in [-0.1, -0.05) is 0 Å². The fourth-order valence-corrected chi connectivity index (χ4v) is 2.57. The third-order valence-electron chi connectivity index (χ3n) is 3.39. The molecule has 0 atom stereocenters. The van der Waals surface area contributed by atoms with Gasteiger partial charge in [0, 0.05) is 18.6 Å². The number of nitrogens with two attached hydrogens (primary N) is 1. The van der Waals surface area contributed by atoms with Crippen molar-refractivity contribution >= 4 is 10.9 Å². The number of fused-ring (bicyclic) bond motifs is 1. The molecule has 2 aromatic rings. The second-order valence-electron chi connectivity index (χ2n) is 4.55. The lowest BCUT2D eigenvalue weighted by atomic mass is 9.96. The van der Waals surface area contributed by atoms with Gasteiger partial charge in [0.15, 0.2) is 0 Å². The van der Waals surface area contributed by atoms with Crippen molar-refractivity contribution in [2.45, 2.75) is 26.7 Å². The first-order valence-electron chi connectivity index (χ1n) is 5.89. The average Bonchev–Trinajstić information content (AvgIpc) is 2.60. The Morgan fingerprint density at radius 1 is 1.31 bits per heavy atom. The predicted molar refractivity (Wildman–Crippen MR) is 69.8 cm³/mol. The zero-order chi connectivity index (χ0) is 11.7. The summed E-state index contributed by atoms with van der Waals surface area (Å²) in [6.45, 7) is 5.19. The van der Waals surface area contributed by atoms with Gasteiger partial charge in [-0.05, 0) is 62.1 Å². The number of nitrogens with zero attached hydrogens (tertiary/aromatic N) is 1. The Morgan fingerprint density at radius 2 is 2.06 bits per heavy atom. The van der Waals surface area contributed by atoms with E-state index >= 15 is 0 Å². The van der Waals surface area contributed by atoms with Gasteiger partial charge in [0.1, 0.15) is 0 Å². The summed E-state index contributed by atoms with van der Waals surface area (Å²) in [5.41, 5.74) is 11.2. The number of benzene rings is 1. The van der Waals surface area contributed by atoms with Gasteiger partial charge in [0.05, 0.1) is 5.52 Å². The van der Waals surface area contributed by atoms with Crippen molar-refractivity contribution in [2.75, 3.05) is 6.54 Å². The maximum Gasteiger partial charge on any atom is 0.0510 e. The van der Waals surface area contributed by atoms with Gasteiger partial charge in [-0.15, -0.1) is 0 Å². The number of hydrogen-bond donors (Lipinski definition) is 1. The Balaban J connectivity index is 2.59. The van der Waals surface area contributed by atoms with Crippen molar-refractivity contribution in [3.05, 3.63) is 35.0 Å². The first-order chi connectivity index (χ1) is 7.65. The van der Waals surface area contributed by atoms with E-state index < -0.39 is 0 Å². The van der Waals surface area contributed by atoms with Crippen molar-refractivity contribution in [3.8, 4) is 0 Å². The summed E-state index contributed by atoms with van der Waals surface area (Å²) >= 11 is 0. The Labute approximate surface area is 97.1 Å². The number of rotatable bonds is 3. The molecule has 1 aromatic carbocycles. The third-order valence-corrected chi connectivity index (χ3v) is 3.39. The van der Waals surface area contributed by atoms with Crippen LogP contribution in [-0.4, -0.2) is 11.1 Å². The van der Waals surface area contributed by atoms with Gasteiger partial charge < -0.3 is 10.3 Å². The monoisotopic (exact) mass is 216 g/mol. The molecule has 0 spiro atoms. The summed E-state index contributed by atoms with van der Waals surface area (Å²) < 4.78 is 2.20. The van der Waals surface area contributed by atoms with Crippen molar-refractivity contribution < 1.29 is 0 Å². The minimum absolute atomic E-state index is 0.768. The van der Waals surface area contributed by atoms with Crippen LogP contribution in [0, 0.1) is 13.8 Å². The Morgan fingerprint density at radius 3 is 2.75 bits per heavy atom. The Bertz CT molecular complexity index is 509. The fourth-order valence-electron chi connectivity index (χ4n) is 2.57. The number of aromatic nitrogens is 1. The van der Waals surface area contributed by atoms with E-state index in [1.165, 1.54) is 27.6 Å². The van der Waals surface area contributed by atoms with Crippen LogP contribution >= 0.6 is 0 Å². The van der Waals surface area contributed by atoms with Crippen LogP contribution in [-0.2, 0) is 13.5 Å². The van der Waals surface area contributed by atoms with E-state index in [2.05, 4.69) is 43.8 Å². The van der Waals surface area contributed by atoms with Crippen LogP contribution in [0.5, 0.6) is 0 Å². The lowest BCUT2D eigenvalue weighted by Crippen LogP contribution is -2.03. The Hall–Kier alpha value is -1.28. The minimum atomic E-state index is 0.768. The predicted octanol–water partition coefficient (Wildman–Crippen LogP) is 2.69. The maximum absolute atomic E-state index is 5.59. The highest BCUT2D eigenvalue weighted by Gasteiger charge is 2.09. The molecular weight excluding hydrogens is 196 g/mol. The van der Waals surface area contributed by atoms with Crippen LogP contribution in [0.4, 0.5) is 0 Å². The molecular formula is C14H20N2. The summed E-state index contributed by atoms with van der Waals surface area (Å²) in [7, 11) is 2.11. The highest BCUT2D eigenvalue weighted by Crippen LogP contribution is 2.26. The summed E-state index contributed by atoms with van der Waals surface area (Å²) in [5, 5.41) is 1.34. The molecule has 2 heteroatoms. The van der Waals surface area contributed by atoms with E-state index in [9.17, 15) is 0 Å².